The van der Waals surface area contributed by atoms with Gasteiger partial charge >= 0.3 is 0 Å². The van der Waals surface area contributed by atoms with Crippen molar-refractivity contribution in [2.75, 3.05) is 17.2 Å². The fourth-order valence-corrected chi connectivity index (χ4v) is 6.07. The van der Waals surface area contributed by atoms with Crippen molar-refractivity contribution in [3.05, 3.63) is 160 Å². The molecule has 5 aromatic rings. The van der Waals surface area contributed by atoms with Gasteiger partial charge < -0.3 is 20.7 Å². The Bertz CT molecular complexity index is 1940. The lowest BCUT2D eigenvalue weighted by molar-refractivity contribution is -0.116. The Morgan fingerprint density at radius 1 is 0.833 bits per heavy atom. The van der Waals surface area contributed by atoms with E-state index < -0.39 is 28.8 Å². The number of hydrogen-bond acceptors (Lipinski definition) is 5. The lowest BCUT2D eigenvalue weighted by atomic mass is 10.1. The molecule has 0 aliphatic heterocycles. The zero-order chi connectivity index (χ0) is 33.9. The molecular weight excluding hydrogens is 693 g/mol. The summed E-state index contributed by atoms with van der Waals surface area (Å²) in [7, 11) is 0. The number of thioether (sulfide) groups is 1. The molecule has 0 saturated heterocycles. The van der Waals surface area contributed by atoms with Crippen LogP contribution in [0.2, 0.25) is 0 Å². The fraction of sp³-hybridized carbons (Fsp3) is 0.0789. The minimum absolute atomic E-state index is 0.00660. The highest BCUT2D eigenvalue weighted by atomic mass is 79.9. The maximum absolute atomic E-state index is 14.6. The van der Waals surface area contributed by atoms with Gasteiger partial charge in [-0.05, 0) is 73.2 Å². The van der Waals surface area contributed by atoms with Crippen LogP contribution >= 0.6 is 27.7 Å². The van der Waals surface area contributed by atoms with Gasteiger partial charge in [-0.3, -0.25) is 14.4 Å². The average molecular weight is 725 g/mol. The summed E-state index contributed by atoms with van der Waals surface area (Å²) < 4.78 is 20.9. The Balaban J connectivity index is 1.40. The minimum Gasteiger partial charge on any atom is -0.493 e. The van der Waals surface area contributed by atoms with Crippen molar-refractivity contribution in [2.24, 2.45) is 0 Å². The molecular formula is C38H31BrFN3O4S. The summed E-state index contributed by atoms with van der Waals surface area (Å²) in [4.78, 5) is 41.1. The van der Waals surface area contributed by atoms with E-state index in [0.717, 1.165) is 0 Å². The maximum Gasteiger partial charge on any atom is 0.272 e. The van der Waals surface area contributed by atoms with E-state index in [9.17, 15) is 18.8 Å². The molecule has 0 saturated carbocycles. The quantitative estimate of drug-likeness (QED) is 0.0883. The molecule has 0 aliphatic rings. The summed E-state index contributed by atoms with van der Waals surface area (Å²) in [5.74, 6) is -1.43. The van der Waals surface area contributed by atoms with Gasteiger partial charge in [0.1, 0.15) is 22.5 Å². The maximum atomic E-state index is 14.6. The third kappa shape index (κ3) is 9.21. The molecule has 3 N–H and O–H groups in total. The van der Waals surface area contributed by atoms with Gasteiger partial charge in [-0.1, -0.05) is 88.7 Å². The molecule has 7 nitrogen and oxygen atoms in total. The molecule has 10 heteroatoms. The lowest BCUT2D eigenvalue weighted by Gasteiger charge is -2.18. The van der Waals surface area contributed by atoms with E-state index in [4.69, 9.17) is 4.74 Å². The van der Waals surface area contributed by atoms with Crippen molar-refractivity contribution >= 4 is 62.9 Å². The molecule has 0 fully saturated rings. The number of carbonyl (C=O) groups excluding carboxylic acids is 3. The summed E-state index contributed by atoms with van der Waals surface area (Å²) in [5, 5.41) is 7.59. The summed E-state index contributed by atoms with van der Waals surface area (Å²) in [6.45, 7) is 2.29. The summed E-state index contributed by atoms with van der Waals surface area (Å²) in [5.41, 5.74) is 2.23. The van der Waals surface area contributed by atoms with Crippen LogP contribution in [0.25, 0.3) is 6.08 Å². The van der Waals surface area contributed by atoms with E-state index in [0.29, 0.717) is 44.1 Å². The Kier molecular flexibility index (Phi) is 11.8. The number of benzene rings is 5. The van der Waals surface area contributed by atoms with Crippen LogP contribution < -0.4 is 20.7 Å². The zero-order valence-electron chi connectivity index (χ0n) is 25.8. The van der Waals surface area contributed by atoms with Crippen LogP contribution in [0, 0.1) is 5.82 Å². The first-order valence-corrected chi connectivity index (χ1v) is 16.7. The minimum atomic E-state index is -0.740. The number of rotatable bonds is 12. The van der Waals surface area contributed by atoms with Gasteiger partial charge in [-0.25, -0.2) is 4.39 Å². The molecule has 0 bridgehead atoms. The molecule has 0 radical (unpaired) electrons. The zero-order valence-corrected chi connectivity index (χ0v) is 28.2. The number of halogens is 2. The van der Waals surface area contributed by atoms with Crippen molar-refractivity contribution in [3.63, 3.8) is 0 Å². The Morgan fingerprint density at radius 2 is 1.54 bits per heavy atom. The van der Waals surface area contributed by atoms with Crippen molar-refractivity contribution in [1.29, 1.82) is 0 Å². The molecule has 5 aromatic carbocycles. The van der Waals surface area contributed by atoms with Crippen molar-refractivity contribution in [2.45, 2.75) is 17.1 Å². The molecule has 0 aromatic heterocycles. The van der Waals surface area contributed by atoms with Crippen molar-refractivity contribution in [1.82, 2.24) is 5.32 Å². The van der Waals surface area contributed by atoms with Gasteiger partial charge in [-0.15, -0.1) is 11.8 Å². The van der Waals surface area contributed by atoms with E-state index in [1.165, 1.54) is 23.9 Å². The number of nitrogens with one attached hydrogen (secondary N) is 3. The van der Waals surface area contributed by atoms with Crippen LogP contribution in [0.1, 0.15) is 33.7 Å². The molecule has 242 valence electrons. The van der Waals surface area contributed by atoms with Crippen LogP contribution in [-0.4, -0.2) is 24.3 Å². The van der Waals surface area contributed by atoms with Gasteiger partial charge in [0.05, 0.1) is 12.3 Å². The van der Waals surface area contributed by atoms with Crippen molar-refractivity contribution in [3.8, 4) is 5.75 Å². The predicted molar refractivity (Wildman–Crippen MR) is 192 cm³/mol. The first-order valence-electron chi connectivity index (χ1n) is 15.0. The molecule has 5 rings (SSSR count). The van der Waals surface area contributed by atoms with E-state index in [1.807, 2.05) is 55.5 Å². The summed E-state index contributed by atoms with van der Waals surface area (Å²) >= 11 is 4.49. The number of carbonyl (C=O) groups is 3. The van der Waals surface area contributed by atoms with E-state index >= 15 is 0 Å². The van der Waals surface area contributed by atoms with Gasteiger partial charge in [0.15, 0.2) is 0 Å². The summed E-state index contributed by atoms with van der Waals surface area (Å²) in [6.07, 6.45) is 1.57. The molecule has 0 heterocycles. The smallest absolute Gasteiger partial charge is 0.272 e. The van der Waals surface area contributed by atoms with Crippen LogP contribution in [0.5, 0.6) is 5.75 Å². The predicted octanol–water partition coefficient (Wildman–Crippen LogP) is 8.87. The monoisotopic (exact) mass is 723 g/mol. The number of anilines is 2. The molecule has 48 heavy (non-hydrogen) atoms. The second kappa shape index (κ2) is 16.6. The first kappa shape index (κ1) is 34.2. The van der Waals surface area contributed by atoms with E-state index in [2.05, 4.69) is 31.9 Å². The number of ether oxygens (including phenoxy) is 1. The number of hydrogen-bond donors (Lipinski definition) is 3. The van der Waals surface area contributed by atoms with Gasteiger partial charge in [0.2, 0.25) is 5.91 Å². The van der Waals surface area contributed by atoms with Crippen LogP contribution in [0.15, 0.2) is 142 Å². The summed E-state index contributed by atoms with van der Waals surface area (Å²) in [6, 6.07) is 36.4. The third-order valence-corrected chi connectivity index (χ3v) is 8.66. The topological polar surface area (TPSA) is 96.5 Å². The van der Waals surface area contributed by atoms with Crippen LogP contribution in [0.4, 0.5) is 15.8 Å². The van der Waals surface area contributed by atoms with E-state index in [-0.39, 0.29) is 11.4 Å². The van der Waals surface area contributed by atoms with Gasteiger partial charge in [-0.2, -0.15) is 0 Å². The third-order valence-electron chi connectivity index (χ3n) is 6.92. The molecule has 1 unspecified atom stereocenters. The standard InChI is InChI=1S/C38H31BrFN3O4S/c1-2-47-34-19-10-9-16-27(34)22-33(43-36(44)26-14-7-4-8-15-26)37(45)41-29-17-11-18-30(24-29)48-35(25-12-5-3-6-13-25)38(46)42-32-21-20-28(39)23-31(32)40/h3-24,35H,2H2,1H3,(H,41,45)(H,42,46)(H,43,44)/b33-22+. The number of amides is 3. The van der Waals surface area contributed by atoms with Crippen molar-refractivity contribution < 1.29 is 23.5 Å². The molecule has 0 spiro atoms. The highest BCUT2D eigenvalue weighted by Gasteiger charge is 2.24. The van der Waals surface area contributed by atoms with Gasteiger partial charge in [0, 0.05) is 26.2 Å². The second-order valence-electron chi connectivity index (χ2n) is 10.4. The lowest BCUT2D eigenvalue weighted by Crippen LogP contribution is -2.30. The molecule has 1 atom stereocenters. The Morgan fingerprint density at radius 3 is 2.27 bits per heavy atom. The second-order valence-corrected chi connectivity index (χ2v) is 12.4. The van der Waals surface area contributed by atoms with Crippen LogP contribution in [-0.2, 0) is 9.59 Å². The Labute approximate surface area is 290 Å². The number of para-hydroxylation sites is 1. The van der Waals surface area contributed by atoms with E-state index in [1.54, 1.807) is 72.8 Å². The largest absolute Gasteiger partial charge is 0.493 e. The van der Waals surface area contributed by atoms with Crippen LogP contribution in [0.3, 0.4) is 0 Å². The highest BCUT2D eigenvalue weighted by Crippen LogP contribution is 2.37. The highest BCUT2D eigenvalue weighted by molar-refractivity contribution is 9.10. The average Bonchev–Trinajstić information content (AvgIpc) is 3.10. The molecule has 3 amide bonds. The molecule has 0 aliphatic carbocycles. The first-order chi connectivity index (χ1) is 23.3. The normalized spacial score (nSPS) is 11.7. The SMILES string of the molecule is CCOc1ccccc1/C=C(/NC(=O)c1ccccc1)C(=O)Nc1cccc(SC(C(=O)Nc2ccc(Br)cc2F)c2ccccc2)c1. The fourth-order valence-electron chi connectivity index (χ4n) is 4.66. The van der Waals surface area contributed by atoms with Gasteiger partial charge in [0.25, 0.3) is 11.8 Å². The Hall–Kier alpha value is -5.19.